The monoisotopic (exact) mass is 256 g/mol. The lowest BCUT2D eigenvalue weighted by Gasteiger charge is -1.96. The molecule has 0 bridgehead atoms. The van der Waals surface area contributed by atoms with Crippen LogP contribution in [-0.4, -0.2) is 0 Å². The minimum Gasteiger partial charge on any atom is -0.115 e. The smallest absolute Gasteiger partial charge is 0.115 e. The van der Waals surface area contributed by atoms with E-state index < -0.39 is 0 Å². The number of rotatable bonds is 2. The summed E-state index contributed by atoms with van der Waals surface area (Å²) in [7, 11) is 0. The summed E-state index contributed by atoms with van der Waals surface area (Å²) in [5, 5.41) is 0.850. The summed E-state index contributed by atoms with van der Waals surface area (Å²) in [6, 6.07) is 14.3. The predicted molar refractivity (Wildman–Crippen MR) is 77.0 cm³/mol. The first-order valence-electron chi connectivity index (χ1n) is 5.43. The van der Waals surface area contributed by atoms with Gasteiger partial charge in [0.15, 0.2) is 0 Å². The van der Waals surface area contributed by atoms with Crippen molar-refractivity contribution < 1.29 is 0 Å². The van der Waals surface area contributed by atoms with Crippen molar-refractivity contribution in [3.8, 4) is 0 Å². The molecule has 1 aromatic heterocycles. The highest BCUT2D eigenvalue weighted by Crippen LogP contribution is 2.05. The van der Waals surface area contributed by atoms with Gasteiger partial charge in [-0.15, -0.1) is 11.3 Å². The first-order valence-corrected chi connectivity index (χ1v) is 6.65. The van der Waals surface area contributed by atoms with Gasteiger partial charge >= 0.3 is 0 Å². The van der Waals surface area contributed by atoms with Crippen molar-refractivity contribution in [2.24, 2.45) is 0 Å². The molecule has 2 aromatic rings. The Balaban J connectivity index is 2.51. The van der Waals surface area contributed by atoms with Gasteiger partial charge in [-0.05, 0) is 29.7 Å². The van der Waals surface area contributed by atoms with Crippen molar-refractivity contribution in [1.29, 1.82) is 0 Å². The molecule has 0 fully saturated rings. The van der Waals surface area contributed by atoms with E-state index in [1.807, 2.05) is 0 Å². The molecule has 0 nitrogen and oxygen atoms in total. The molecule has 0 aliphatic rings. The fourth-order valence-corrected chi connectivity index (χ4v) is 2.48. The molecule has 0 unspecified atom stereocenters. The predicted octanol–water partition coefficient (Wildman–Crippen LogP) is 2.88. The Kier molecular flexibility index (Phi) is 3.73. The summed E-state index contributed by atoms with van der Waals surface area (Å²) in [4.78, 5) is 0. The fraction of sp³-hybridized carbons (Fsp3) is 0.133. The molecular formula is C15H12S2. The highest BCUT2D eigenvalue weighted by Gasteiger charge is 1.90. The van der Waals surface area contributed by atoms with Crippen LogP contribution in [0.3, 0.4) is 0 Å². The van der Waals surface area contributed by atoms with Crippen molar-refractivity contribution in [2.45, 2.75) is 13.3 Å². The lowest BCUT2D eigenvalue weighted by atomic mass is 10.1. The molecule has 0 saturated carbocycles. The second-order valence-corrected chi connectivity index (χ2v) is 5.44. The molecule has 1 heterocycles. The van der Waals surface area contributed by atoms with E-state index >= 15 is 0 Å². The van der Waals surface area contributed by atoms with Gasteiger partial charge < -0.3 is 0 Å². The minimum absolute atomic E-state index is 0.717. The van der Waals surface area contributed by atoms with Gasteiger partial charge in [0.25, 0.3) is 0 Å². The van der Waals surface area contributed by atoms with Gasteiger partial charge in [0.1, 0.15) is 3.82 Å². The molecule has 2 rings (SSSR count). The summed E-state index contributed by atoms with van der Waals surface area (Å²) >= 11 is 6.62. The van der Waals surface area contributed by atoms with Crippen LogP contribution in [0.5, 0.6) is 0 Å². The van der Waals surface area contributed by atoms with Crippen LogP contribution in [-0.2, 0) is 6.42 Å². The third-order valence-electron chi connectivity index (χ3n) is 2.50. The zero-order valence-corrected chi connectivity index (χ0v) is 11.3. The lowest BCUT2D eigenvalue weighted by Crippen LogP contribution is -2.18. The van der Waals surface area contributed by atoms with E-state index in [2.05, 4.69) is 56.0 Å². The highest BCUT2D eigenvalue weighted by molar-refractivity contribution is 7.73. The van der Waals surface area contributed by atoms with E-state index in [-0.39, 0.29) is 0 Å². The van der Waals surface area contributed by atoms with Gasteiger partial charge in [0.05, 0.1) is 0 Å². The molecule has 17 heavy (non-hydrogen) atoms. The Morgan fingerprint density at radius 3 is 2.65 bits per heavy atom. The van der Waals surface area contributed by atoms with Crippen molar-refractivity contribution in [1.82, 2.24) is 0 Å². The molecule has 0 N–H and O–H groups in total. The van der Waals surface area contributed by atoms with Gasteiger partial charge in [0.2, 0.25) is 0 Å². The van der Waals surface area contributed by atoms with Gasteiger partial charge in [-0.25, -0.2) is 0 Å². The van der Waals surface area contributed by atoms with E-state index in [1.165, 1.54) is 16.9 Å². The Bertz CT molecular complexity index is 663. The molecule has 0 amide bonds. The maximum absolute atomic E-state index is 5.10. The number of benzene rings is 1. The van der Waals surface area contributed by atoms with Gasteiger partial charge in [0, 0.05) is 9.75 Å². The number of hydrogen-bond acceptors (Lipinski definition) is 2. The fourth-order valence-electron chi connectivity index (χ4n) is 1.49. The van der Waals surface area contributed by atoms with Crippen LogP contribution in [0, 0.1) is 16.0 Å². The zero-order valence-electron chi connectivity index (χ0n) is 9.62. The van der Waals surface area contributed by atoms with Crippen LogP contribution in [0.2, 0.25) is 0 Å². The van der Waals surface area contributed by atoms with Crippen molar-refractivity contribution in [3.05, 3.63) is 61.1 Å². The lowest BCUT2D eigenvalue weighted by molar-refractivity contribution is 1.14. The second-order valence-electron chi connectivity index (χ2n) is 3.72. The number of hydrogen-bond donors (Lipinski definition) is 0. The average molecular weight is 256 g/mol. The summed E-state index contributed by atoms with van der Waals surface area (Å²) < 4.78 is 1.77. The molecule has 2 heteroatoms. The molecule has 1 aromatic carbocycles. The first kappa shape index (κ1) is 12.0. The summed E-state index contributed by atoms with van der Waals surface area (Å²) in [6.45, 7) is 6.09. The third kappa shape index (κ3) is 3.03. The highest BCUT2D eigenvalue weighted by atomic mass is 32.1. The van der Waals surface area contributed by atoms with E-state index in [1.54, 1.807) is 0 Å². The molecule has 0 spiro atoms. The van der Waals surface area contributed by atoms with Crippen molar-refractivity contribution in [3.63, 3.8) is 0 Å². The van der Waals surface area contributed by atoms with Crippen LogP contribution < -0.4 is 9.75 Å². The topological polar surface area (TPSA) is 0 Å². The summed E-state index contributed by atoms with van der Waals surface area (Å²) in [6.07, 6.45) is 3.15. The summed E-state index contributed by atoms with van der Waals surface area (Å²) in [5.74, 6) is 0. The molecule has 0 aliphatic heterocycles. The second kappa shape index (κ2) is 5.27. The largest absolute Gasteiger partial charge is 0.141 e. The zero-order chi connectivity index (χ0) is 12.3. The summed E-state index contributed by atoms with van der Waals surface area (Å²) in [5.41, 5.74) is 2.51. The SMILES string of the molecule is C=c1c#cc(=S)s/c1=C\c1ccc(CC)cc1. The normalized spacial score (nSPS) is 11.2. The van der Waals surface area contributed by atoms with Crippen LogP contribution in [0.1, 0.15) is 18.1 Å². The Labute approximate surface area is 111 Å². The average Bonchev–Trinajstić information content (AvgIpc) is 2.35. The van der Waals surface area contributed by atoms with Crippen LogP contribution in [0.25, 0.3) is 12.7 Å². The van der Waals surface area contributed by atoms with E-state index in [0.29, 0.717) is 3.82 Å². The maximum Gasteiger partial charge on any atom is 0.141 e. The molecule has 0 atom stereocenters. The van der Waals surface area contributed by atoms with Gasteiger partial charge in [-0.2, -0.15) is 0 Å². The first-order chi connectivity index (χ1) is 8.19. The Morgan fingerprint density at radius 2 is 2.00 bits per heavy atom. The molecule has 0 radical (unpaired) electrons. The molecule has 0 saturated heterocycles. The van der Waals surface area contributed by atoms with Crippen LogP contribution in [0.15, 0.2) is 24.3 Å². The van der Waals surface area contributed by atoms with E-state index in [0.717, 1.165) is 21.7 Å². The third-order valence-corrected chi connectivity index (χ3v) is 3.72. The standard InChI is InChI=1S/C15H12S2/c1-3-12-5-7-13(8-6-12)10-14-11(2)4-9-15(16)17-14/h5-8,10H,2-3H2,1H3/b14-10-. The minimum atomic E-state index is 0.717. The van der Waals surface area contributed by atoms with E-state index in [4.69, 9.17) is 12.2 Å². The van der Waals surface area contributed by atoms with Crippen molar-refractivity contribution in [2.75, 3.05) is 0 Å². The number of aryl methyl sites for hydroxylation is 1. The van der Waals surface area contributed by atoms with Gasteiger partial charge in [-0.3, -0.25) is 0 Å². The van der Waals surface area contributed by atoms with Crippen LogP contribution in [0.4, 0.5) is 0 Å². The maximum atomic E-state index is 5.10. The van der Waals surface area contributed by atoms with Gasteiger partial charge in [-0.1, -0.05) is 56.1 Å². The molecule has 0 aliphatic carbocycles. The molecular weight excluding hydrogens is 244 g/mol. The van der Waals surface area contributed by atoms with Crippen molar-refractivity contribution >= 4 is 36.2 Å². The van der Waals surface area contributed by atoms with E-state index in [9.17, 15) is 0 Å². The molecule has 84 valence electrons. The Morgan fingerprint density at radius 1 is 1.29 bits per heavy atom. The van der Waals surface area contributed by atoms with Crippen LogP contribution >= 0.6 is 23.6 Å². The quantitative estimate of drug-likeness (QED) is 0.745. The Hall–Kier alpha value is -1.43.